The summed E-state index contributed by atoms with van der Waals surface area (Å²) in [6.07, 6.45) is 1.25. The zero-order valence-corrected chi connectivity index (χ0v) is 9.41. The van der Waals surface area contributed by atoms with Gasteiger partial charge in [0.1, 0.15) is 0 Å². The van der Waals surface area contributed by atoms with Crippen molar-refractivity contribution in [3.63, 3.8) is 0 Å². The lowest BCUT2D eigenvalue weighted by atomic mass is 10.1. The predicted octanol–water partition coefficient (Wildman–Crippen LogP) is 1.23. The summed E-state index contributed by atoms with van der Waals surface area (Å²) in [6, 6.07) is 1.04. The highest BCUT2D eigenvalue weighted by Crippen LogP contribution is 2.18. The van der Waals surface area contributed by atoms with Gasteiger partial charge in [-0.2, -0.15) is 0 Å². The molecule has 0 spiro atoms. The van der Waals surface area contributed by atoms with Crippen molar-refractivity contribution in [1.29, 1.82) is 0 Å². The maximum Gasteiger partial charge on any atom is 0.0288 e. The molecule has 1 aliphatic rings. The van der Waals surface area contributed by atoms with E-state index in [-0.39, 0.29) is 0 Å². The molecule has 0 aliphatic carbocycles. The van der Waals surface area contributed by atoms with Crippen LogP contribution in [0.3, 0.4) is 0 Å². The van der Waals surface area contributed by atoms with Crippen LogP contribution >= 0.6 is 22.6 Å². The zero-order chi connectivity index (χ0) is 8.43. The Bertz CT molecular complexity index is 127. The summed E-state index contributed by atoms with van der Waals surface area (Å²) in [5.74, 6) is 0. The number of nitrogens with zero attached hydrogens (tertiary/aromatic N) is 1. The maximum atomic E-state index is 5.96. The molecular weight excluding hydrogens is 251 g/mol. The molecule has 2 atom stereocenters. The Morgan fingerprint density at radius 1 is 1.55 bits per heavy atom. The monoisotopic (exact) mass is 268 g/mol. The molecule has 2 unspecified atom stereocenters. The molecule has 1 aliphatic heterocycles. The third-order valence-corrected chi connectivity index (χ3v) is 3.88. The van der Waals surface area contributed by atoms with Crippen molar-refractivity contribution in [3.05, 3.63) is 0 Å². The summed E-state index contributed by atoms with van der Waals surface area (Å²) < 4.78 is 0.683. The van der Waals surface area contributed by atoms with Crippen molar-refractivity contribution in [2.45, 2.75) is 36.3 Å². The molecule has 0 bridgehead atoms. The van der Waals surface area contributed by atoms with E-state index in [1.165, 1.54) is 13.0 Å². The van der Waals surface area contributed by atoms with E-state index in [1.807, 2.05) is 0 Å². The fourth-order valence-corrected chi connectivity index (χ4v) is 1.95. The number of nitrogens with two attached hydrogens (primary N) is 1. The number of halogens is 1. The molecular formula is C8H17IN2. The normalized spacial score (nSPS) is 34.6. The Balaban J connectivity index is 2.40. The van der Waals surface area contributed by atoms with Gasteiger partial charge in [-0.05, 0) is 26.8 Å². The summed E-state index contributed by atoms with van der Waals surface area (Å²) in [7, 11) is 0. The van der Waals surface area contributed by atoms with Gasteiger partial charge in [0.25, 0.3) is 0 Å². The Kier molecular flexibility index (Phi) is 3.58. The molecule has 1 fully saturated rings. The Hall–Kier alpha value is 0.650. The van der Waals surface area contributed by atoms with Gasteiger partial charge in [0.05, 0.1) is 0 Å². The molecule has 0 aromatic heterocycles. The first-order chi connectivity index (χ1) is 5.11. The highest BCUT2D eigenvalue weighted by atomic mass is 127. The molecule has 0 aromatic carbocycles. The maximum absolute atomic E-state index is 5.96. The van der Waals surface area contributed by atoms with Gasteiger partial charge in [0, 0.05) is 22.6 Å². The Morgan fingerprint density at radius 2 is 2.18 bits per heavy atom. The van der Waals surface area contributed by atoms with E-state index in [9.17, 15) is 0 Å². The van der Waals surface area contributed by atoms with E-state index in [2.05, 4.69) is 41.3 Å². The van der Waals surface area contributed by atoms with Crippen molar-refractivity contribution >= 4 is 22.6 Å². The van der Waals surface area contributed by atoms with Crippen LogP contribution < -0.4 is 5.73 Å². The minimum Gasteiger partial charge on any atom is -0.326 e. The lowest BCUT2D eigenvalue weighted by Crippen LogP contribution is -2.51. The van der Waals surface area contributed by atoms with Gasteiger partial charge in [-0.1, -0.05) is 22.6 Å². The second kappa shape index (κ2) is 4.05. The minimum absolute atomic E-state index is 0.381. The molecule has 0 aromatic rings. The van der Waals surface area contributed by atoms with E-state index < -0.39 is 0 Å². The highest BCUT2D eigenvalue weighted by molar-refractivity contribution is 14.1. The van der Waals surface area contributed by atoms with Crippen LogP contribution in [0.2, 0.25) is 0 Å². The summed E-state index contributed by atoms with van der Waals surface area (Å²) in [4.78, 5) is 2.46. The molecule has 11 heavy (non-hydrogen) atoms. The number of hydrogen-bond acceptors (Lipinski definition) is 2. The van der Waals surface area contributed by atoms with Crippen LogP contribution in [0, 0.1) is 0 Å². The zero-order valence-electron chi connectivity index (χ0n) is 7.26. The second-order valence-corrected chi connectivity index (χ2v) is 5.16. The smallest absolute Gasteiger partial charge is 0.0288 e. The molecule has 1 heterocycles. The number of hydrogen-bond donors (Lipinski definition) is 1. The highest BCUT2D eigenvalue weighted by Gasteiger charge is 2.25. The SMILES string of the molecule is CC(C)N1CCC(I)C(N)C1. The average molecular weight is 268 g/mol. The largest absolute Gasteiger partial charge is 0.326 e. The third-order valence-electron chi connectivity index (χ3n) is 2.33. The van der Waals surface area contributed by atoms with Gasteiger partial charge in [-0.15, -0.1) is 0 Å². The lowest BCUT2D eigenvalue weighted by molar-refractivity contribution is 0.175. The standard InChI is InChI=1S/C8H17IN2/c1-6(2)11-4-3-7(9)8(10)5-11/h6-8H,3-5,10H2,1-2H3. The summed E-state index contributed by atoms with van der Waals surface area (Å²) in [5.41, 5.74) is 5.96. The van der Waals surface area contributed by atoms with Crippen LogP contribution in [0.5, 0.6) is 0 Å². The second-order valence-electron chi connectivity index (χ2n) is 3.56. The average Bonchev–Trinajstić information content (AvgIpc) is 1.94. The van der Waals surface area contributed by atoms with E-state index in [0.29, 0.717) is 16.0 Å². The van der Waals surface area contributed by atoms with Gasteiger partial charge < -0.3 is 5.73 Å². The first-order valence-corrected chi connectivity index (χ1v) is 5.49. The van der Waals surface area contributed by atoms with E-state index in [1.54, 1.807) is 0 Å². The molecule has 1 saturated heterocycles. The number of rotatable bonds is 1. The molecule has 3 heteroatoms. The molecule has 0 amide bonds. The van der Waals surface area contributed by atoms with Crippen LogP contribution in [0.15, 0.2) is 0 Å². The molecule has 1 rings (SSSR count). The van der Waals surface area contributed by atoms with Crippen LogP contribution in [0.1, 0.15) is 20.3 Å². The minimum atomic E-state index is 0.381. The van der Waals surface area contributed by atoms with E-state index in [0.717, 1.165) is 6.54 Å². The molecule has 66 valence electrons. The van der Waals surface area contributed by atoms with Crippen LogP contribution in [0.4, 0.5) is 0 Å². The summed E-state index contributed by atoms with van der Waals surface area (Å²) >= 11 is 2.46. The van der Waals surface area contributed by atoms with Gasteiger partial charge in [0.2, 0.25) is 0 Å². The van der Waals surface area contributed by atoms with Crippen LogP contribution in [0.25, 0.3) is 0 Å². The van der Waals surface area contributed by atoms with Crippen molar-refractivity contribution < 1.29 is 0 Å². The van der Waals surface area contributed by atoms with E-state index >= 15 is 0 Å². The van der Waals surface area contributed by atoms with Gasteiger partial charge in [-0.3, -0.25) is 4.90 Å². The quantitative estimate of drug-likeness (QED) is 0.572. The van der Waals surface area contributed by atoms with Crippen molar-refractivity contribution in [1.82, 2.24) is 4.90 Å². The van der Waals surface area contributed by atoms with Gasteiger partial charge in [0.15, 0.2) is 0 Å². The Labute approximate surface area is 82.6 Å². The molecule has 2 nitrogen and oxygen atoms in total. The molecule has 0 saturated carbocycles. The first kappa shape index (κ1) is 9.74. The number of likely N-dealkylation sites (tertiary alicyclic amines) is 1. The fourth-order valence-electron chi connectivity index (χ4n) is 1.45. The first-order valence-electron chi connectivity index (χ1n) is 4.25. The van der Waals surface area contributed by atoms with Gasteiger partial charge >= 0.3 is 0 Å². The topological polar surface area (TPSA) is 29.3 Å². The molecule has 2 N–H and O–H groups in total. The Morgan fingerprint density at radius 3 is 2.64 bits per heavy atom. The number of alkyl halides is 1. The van der Waals surface area contributed by atoms with Crippen molar-refractivity contribution in [2.75, 3.05) is 13.1 Å². The van der Waals surface area contributed by atoms with Crippen molar-refractivity contribution in [3.8, 4) is 0 Å². The summed E-state index contributed by atoms with van der Waals surface area (Å²) in [5, 5.41) is 0. The molecule has 0 radical (unpaired) electrons. The lowest BCUT2D eigenvalue weighted by Gasteiger charge is -2.36. The van der Waals surface area contributed by atoms with Crippen LogP contribution in [-0.4, -0.2) is 34.0 Å². The third kappa shape index (κ3) is 2.56. The van der Waals surface area contributed by atoms with Crippen LogP contribution in [-0.2, 0) is 0 Å². The summed E-state index contributed by atoms with van der Waals surface area (Å²) in [6.45, 7) is 6.77. The van der Waals surface area contributed by atoms with E-state index in [4.69, 9.17) is 5.73 Å². The van der Waals surface area contributed by atoms with Gasteiger partial charge in [-0.25, -0.2) is 0 Å². The predicted molar refractivity (Wildman–Crippen MR) is 57.1 cm³/mol. The number of piperidine rings is 1. The van der Waals surface area contributed by atoms with Crippen molar-refractivity contribution in [2.24, 2.45) is 5.73 Å². The fraction of sp³-hybridized carbons (Fsp3) is 1.00.